The van der Waals surface area contributed by atoms with Crippen LogP contribution in [0.25, 0.3) is 0 Å². The molecule has 0 aliphatic heterocycles. The van der Waals surface area contributed by atoms with Gasteiger partial charge in [0, 0.05) is 25.7 Å². The number of rotatable bonds is 9. The molecule has 0 aromatic heterocycles. The predicted molar refractivity (Wildman–Crippen MR) is 99.2 cm³/mol. The minimum atomic E-state index is -0.492. The first-order chi connectivity index (χ1) is 12.9. The average molecular weight is 374 g/mol. The van der Waals surface area contributed by atoms with Crippen LogP contribution in [0.15, 0.2) is 42.5 Å². The summed E-state index contributed by atoms with van der Waals surface area (Å²) in [7, 11) is 3.24. The van der Waals surface area contributed by atoms with Crippen molar-refractivity contribution in [2.24, 2.45) is 0 Å². The highest BCUT2D eigenvalue weighted by atomic mass is 16.6. The SMILES string of the molecule is CCOc1ccc(CN(C)C(=O)COc2ccc([N+](=O)[O-])cc2)cc1OC. The van der Waals surface area contributed by atoms with Crippen molar-refractivity contribution in [3.05, 3.63) is 58.1 Å². The third-order valence-corrected chi connectivity index (χ3v) is 3.78. The first-order valence-electron chi connectivity index (χ1n) is 8.35. The Hall–Kier alpha value is -3.29. The Morgan fingerprint density at radius 1 is 1.11 bits per heavy atom. The number of nitro benzene ring substituents is 1. The van der Waals surface area contributed by atoms with Crippen LogP contribution in [-0.4, -0.2) is 43.1 Å². The number of hydrogen-bond acceptors (Lipinski definition) is 6. The number of carbonyl (C=O) groups excluding carboxylic acids is 1. The predicted octanol–water partition coefficient (Wildman–Crippen LogP) is 3.04. The molecule has 1 amide bonds. The zero-order valence-electron chi connectivity index (χ0n) is 15.5. The zero-order chi connectivity index (χ0) is 19.8. The molecule has 8 nitrogen and oxygen atoms in total. The van der Waals surface area contributed by atoms with Crippen molar-refractivity contribution in [3.63, 3.8) is 0 Å². The number of likely N-dealkylation sites (N-methyl/N-ethyl adjacent to an activating group) is 1. The van der Waals surface area contributed by atoms with E-state index in [9.17, 15) is 14.9 Å². The smallest absolute Gasteiger partial charge is 0.269 e. The first kappa shape index (κ1) is 20.0. The Balaban J connectivity index is 1.92. The van der Waals surface area contributed by atoms with E-state index in [1.165, 1.54) is 29.2 Å². The molecule has 0 bridgehead atoms. The highest BCUT2D eigenvalue weighted by Gasteiger charge is 2.13. The van der Waals surface area contributed by atoms with Crippen molar-refractivity contribution in [3.8, 4) is 17.2 Å². The van der Waals surface area contributed by atoms with Gasteiger partial charge in [0.25, 0.3) is 11.6 Å². The van der Waals surface area contributed by atoms with Gasteiger partial charge in [0.15, 0.2) is 18.1 Å². The number of non-ortho nitro benzene ring substituents is 1. The van der Waals surface area contributed by atoms with Crippen molar-refractivity contribution < 1.29 is 23.9 Å². The summed E-state index contributed by atoms with van der Waals surface area (Å²) in [4.78, 5) is 23.9. The van der Waals surface area contributed by atoms with E-state index >= 15 is 0 Å². The number of nitrogens with zero attached hydrogens (tertiary/aromatic N) is 2. The van der Waals surface area contributed by atoms with Crippen molar-refractivity contribution in [2.45, 2.75) is 13.5 Å². The maximum atomic E-state index is 12.3. The van der Waals surface area contributed by atoms with Crippen LogP contribution in [0.1, 0.15) is 12.5 Å². The van der Waals surface area contributed by atoms with Gasteiger partial charge in [-0.25, -0.2) is 0 Å². The number of ether oxygens (including phenoxy) is 3. The molecule has 0 saturated carbocycles. The molecule has 0 aliphatic carbocycles. The highest BCUT2D eigenvalue weighted by Crippen LogP contribution is 2.28. The standard InChI is InChI=1S/C19H22N2O6/c1-4-26-17-10-5-14(11-18(17)25-3)12-20(2)19(22)13-27-16-8-6-15(7-9-16)21(23)24/h5-11H,4,12-13H2,1-3H3. The van der Waals surface area contributed by atoms with Gasteiger partial charge in [-0.05, 0) is 36.8 Å². The number of methoxy groups -OCH3 is 1. The summed E-state index contributed by atoms with van der Waals surface area (Å²) in [6.45, 7) is 2.65. The lowest BCUT2D eigenvalue weighted by Crippen LogP contribution is -2.30. The van der Waals surface area contributed by atoms with Crippen molar-refractivity contribution in [2.75, 3.05) is 27.4 Å². The van der Waals surface area contributed by atoms with Gasteiger partial charge in [0.2, 0.25) is 0 Å². The van der Waals surface area contributed by atoms with Crippen LogP contribution in [0.4, 0.5) is 5.69 Å². The summed E-state index contributed by atoms with van der Waals surface area (Å²) < 4.78 is 16.2. The molecule has 0 N–H and O–H groups in total. The number of hydrogen-bond donors (Lipinski definition) is 0. The van der Waals surface area contributed by atoms with Gasteiger partial charge in [-0.3, -0.25) is 14.9 Å². The second kappa shape index (κ2) is 9.42. The monoisotopic (exact) mass is 374 g/mol. The molecule has 0 radical (unpaired) electrons. The molecule has 27 heavy (non-hydrogen) atoms. The fourth-order valence-electron chi connectivity index (χ4n) is 2.37. The molecule has 2 rings (SSSR count). The molecule has 144 valence electrons. The lowest BCUT2D eigenvalue weighted by atomic mass is 10.2. The molecular formula is C19H22N2O6. The molecule has 0 atom stereocenters. The van der Waals surface area contributed by atoms with Gasteiger partial charge < -0.3 is 19.1 Å². The molecule has 0 saturated heterocycles. The second-order valence-electron chi connectivity index (χ2n) is 5.71. The largest absolute Gasteiger partial charge is 0.493 e. The molecule has 2 aromatic carbocycles. The minimum Gasteiger partial charge on any atom is -0.493 e. The molecule has 0 heterocycles. The van der Waals surface area contributed by atoms with E-state index in [1.54, 1.807) is 14.2 Å². The normalized spacial score (nSPS) is 10.2. The van der Waals surface area contributed by atoms with E-state index in [0.29, 0.717) is 30.4 Å². The quantitative estimate of drug-likeness (QED) is 0.495. The van der Waals surface area contributed by atoms with Crippen LogP contribution in [-0.2, 0) is 11.3 Å². The van der Waals surface area contributed by atoms with Gasteiger partial charge in [0.1, 0.15) is 5.75 Å². The van der Waals surface area contributed by atoms with Crippen LogP contribution >= 0.6 is 0 Å². The van der Waals surface area contributed by atoms with E-state index in [2.05, 4.69) is 0 Å². The Morgan fingerprint density at radius 2 is 1.81 bits per heavy atom. The minimum absolute atomic E-state index is 0.0322. The Kier molecular flexibility index (Phi) is 6.99. The third kappa shape index (κ3) is 5.60. The van der Waals surface area contributed by atoms with Crippen molar-refractivity contribution in [1.29, 1.82) is 0 Å². The van der Waals surface area contributed by atoms with Crippen LogP contribution < -0.4 is 14.2 Å². The van der Waals surface area contributed by atoms with E-state index in [1.807, 2.05) is 25.1 Å². The lowest BCUT2D eigenvalue weighted by molar-refractivity contribution is -0.384. The highest BCUT2D eigenvalue weighted by molar-refractivity contribution is 5.77. The first-order valence-corrected chi connectivity index (χ1v) is 8.35. The maximum Gasteiger partial charge on any atom is 0.269 e. The summed E-state index contributed by atoms with van der Waals surface area (Å²) in [6.07, 6.45) is 0. The van der Waals surface area contributed by atoms with Crippen molar-refractivity contribution >= 4 is 11.6 Å². The van der Waals surface area contributed by atoms with Gasteiger partial charge in [-0.15, -0.1) is 0 Å². The fraction of sp³-hybridized carbons (Fsp3) is 0.316. The third-order valence-electron chi connectivity index (χ3n) is 3.78. The zero-order valence-corrected chi connectivity index (χ0v) is 15.5. The van der Waals surface area contributed by atoms with Gasteiger partial charge in [-0.2, -0.15) is 0 Å². The summed E-state index contributed by atoms with van der Waals surface area (Å²) in [5.74, 6) is 1.43. The summed E-state index contributed by atoms with van der Waals surface area (Å²) in [6, 6.07) is 11.1. The molecular weight excluding hydrogens is 352 g/mol. The average Bonchev–Trinajstić information content (AvgIpc) is 2.67. The number of benzene rings is 2. The Bertz CT molecular complexity index is 791. The van der Waals surface area contributed by atoms with Gasteiger partial charge >= 0.3 is 0 Å². The number of amides is 1. The molecule has 8 heteroatoms. The van der Waals surface area contributed by atoms with E-state index in [-0.39, 0.29) is 18.2 Å². The summed E-state index contributed by atoms with van der Waals surface area (Å²) in [5.41, 5.74) is 0.858. The van der Waals surface area contributed by atoms with E-state index in [4.69, 9.17) is 14.2 Å². The molecule has 0 unspecified atom stereocenters. The molecule has 2 aromatic rings. The van der Waals surface area contributed by atoms with Gasteiger partial charge in [-0.1, -0.05) is 6.07 Å². The Morgan fingerprint density at radius 3 is 2.41 bits per heavy atom. The summed E-state index contributed by atoms with van der Waals surface area (Å²) in [5, 5.41) is 10.6. The molecule has 0 spiro atoms. The molecule has 0 fully saturated rings. The topological polar surface area (TPSA) is 91.1 Å². The molecule has 0 aliphatic rings. The number of carbonyl (C=O) groups is 1. The van der Waals surface area contributed by atoms with E-state index < -0.39 is 4.92 Å². The van der Waals surface area contributed by atoms with Crippen LogP contribution in [0, 0.1) is 10.1 Å². The fourth-order valence-corrected chi connectivity index (χ4v) is 2.37. The van der Waals surface area contributed by atoms with Crippen LogP contribution in [0.2, 0.25) is 0 Å². The van der Waals surface area contributed by atoms with Gasteiger partial charge in [0.05, 0.1) is 18.6 Å². The number of nitro groups is 1. The van der Waals surface area contributed by atoms with Crippen molar-refractivity contribution in [1.82, 2.24) is 4.90 Å². The van der Waals surface area contributed by atoms with E-state index in [0.717, 1.165) is 5.56 Å². The lowest BCUT2D eigenvalue weighted by Gasteiger charge is -2.18. The van der Waals surface area contributed by atoms with Crippen LogP contribution in [0.3, 0.4) is 0 Å². The second-order valence-corrected chi connectivity index (χ2v) is 5.71. The maximum absolute atomic E-state index is 12.3. The van der Waals surface area contributed by atoms with Crippen LogP contribution in [0.5, 0.6) is 17.2 Å². The summed E-state index contributed by atoms with van der Waals surface area (Å²) >= 11 is 0. The Labute approximate surface area is 157 Å².